The van der Waals surface area contributed by atoms with Crippen LogP contribution in [0.5, 0.6) is 0 Å². The third-order valence-corrected chi connectivity index (χ3v) is 1.47. The van der Waals surface area contributed by atoms with E-state index >= 15 is 0 Å². The summed E-state index contributed by atoms with van der Waals surface area (Å²) in [6.45, 7) is 0. The Kier molecular flexibility index (Phi) is 2.55. The normalized spacial score (nSPS) is 9.85. The zero-order valence-electron chi connectivity index (χ0n) is 6.70. The topological polar surface area (TPSA) is 29.1 Å². The van der Waals surface area contributed by atoms with Crippen molar-refractivity contribution in [2.75, 3.05) is 7.05 Å². The first-order valence-electron chi connectivity index (χ1n) is 3.43. The van der Waals surface area contributed by atoms with Crippen LogP contribution >= 0.6 is 0 Å². The minimum atomic E-state index is -1.58. The number of carbonyl (C=O) groups is 1. The maximum absolute atomic E-state index is 12.5. The first kappa shape index (κ1) is 9.57. The Morgan fingerprint density at radius 3 is 2.08 bits per heavy atom. The lowest BCUT2D eigenvalue weighted by atomic mass is 10.2. The zero-order valence-corrected chi connectivity index (χ0v) is 6.70. The van der Waals surface area contributed by atoms with E-state index in [0.717, 1.165) is 0 Å². The Bertz CT molecular complexity index is 328. The van der Waals surface area contributed by atoms with Crippen LogP contribution in [0.2, 0.25) is 0 Å². The van der Waals surface area contributed by atoms with Gasteiger partial charge in [-0.1, -0.05) is 0 Å². The molecule has 0 heterocycles. The number of hydrogen-bond acceptors (Lipinski definition) is 1. The van der Waals surface area contributed by atoms with E-state index in [4.69, 9.17) is 0 Å². The fourth-order valence-electron chi connectivity index (χ4n) is 0.831. The lowest BCUT2D eigenvalue weighted by Crippen LogP contribution is -2.18. The number of nitrogens with one attached hydrogen (secondary N) is 1. The van der Waals surface area contributed by atoms with Crippen molar-refractivity contribution in [1.29, 1.82) is 0 Å². The largest absolute Gasteiger partial charge is 0.355 e. The maximum atomic E-state index is 12.5. The van der Waals surface area contributed by atoms with Crippen LogP contribution in [0.3, 0.4) is 0 Å². The van der Waals surface area contributed by atoms with Crippen molar-refractivity contribution >= 4 is 5.91 Å². The van der Waals surface area contributed by atoms with Crippen molar-refractivity contribution in [1.82, 2.24) is 5.32 Å². The Labute approximate surface area is 72.4 Å². The molecule has 0 aliphatic carbocycles. The number of rotatable bonds is 1. The third-order valence-electron chi connectivity index (χ3n) is 1.47. The summed E-state index contributed by atoms with van der Waals surface area (Å²) in [6.07, 6.45) is 0. The molecule has 0 spiro atoms. The SMILES string of the molecule is CNC(=O)c1cc(F)c(F)c(F)c1. The summed E-state index contributed by atoms with van der Waals surface area (Å²) in [5, 5.41) is 2.16. The monoisotopic (exact) mass is 189 g/mol. The van der Waals surface area contributed by atoms with Gasteiger partial charge >= 0.3 is 0 Å². The van der Waals surface area contributed by atoms with Crippen molar-refractivity contribution < 1.29 is 18.0 Å². The summed E-state index contributed by atoms with van der Waals surface area (Å²) >= 11 is 0. The lowest BCUT2D eigenvalue weighted by molar-refractivity contribution is 0.0962. The molecular formula is C8H6F3NO. The number of amides is 1. The second kappa shape index (κ2) is 3.47. The van der Waals surface area contributed by atoms with Crippen LogP contribution in [0, 0.1) is 17.5 Å². The highest BCUT2D eigenvalue weighted by molar-refractivity contribution is 5.93. The highest BCUT2D eigenvalue weighted by Crippen LogP contribution is 2.13. The first-order chi connectivity index (χ1) is 6.06. The van der Waals surface area contributed by atoms with Gasteiger partial charge in [-0.2, -0.15) is 0 Å². The van der Waals surface area contributed by atoms with Gasteiger partial charge in [0.05, 0.1) is 0 Å². The van der Waals surface area contributed by atoms with Gasteiger partial charge in [-0.05, 0) is 12.1 Å². The molecule has 0 radical (unpaired) electrons. The van der Waals surface area contributed by atoms with Gasteiger partial charge < -0.3 is 5.32 Å². The predicted octanol–water partition coefficient (Wildman–Crippen LogP) is 1.46. The molecular weight excluding hydrogens is 183 g/mol. The Hall–Kier alpha value is -1.52. The van der Waals surface area contributed by atoms with Gasteiger partial charge in [-0.3, -0.25) is 4.79 Å². The van der Waals surface area contributed by atoms with E-state index in [0.29, 0.717) is 12.1 Å². The Morgan fingerprint density at radius 1 is 1.23 bits per heavy atom. The van der Waals surface area contributed by atoms with Crippen LogP contribution in [-0.4, -0.2) is 13.0 Å². The van der Waals surface area contributed by atoms with Crippen molar-refractivity contribution in [3.8, 4) is 0 Å². The Balaban J connectivity index is 3.20. The van der Waals surface area contributed by atoms with Gasteiger partial charge in [0.1, 0.15) is 0 Å². The van der Waals surface area contributed by atoms with Gasteiger partial charge in [0.25, 0.3) is 5.91 Å². The van der Waals surface area contributed by atoms with E-state index < -0.39 is 23.4 Å². The van der Waals surface area contributed by atoms with Gasteiger partial charge in [-0.25, -0.2) is 13.2 Å². The lowest BCUT2D eigenvalue weighted by Gasteiger charge is -2.00. The van der Waals surface area contributed by atoms with Gasteiger partial charge in [0.15, 0.2) is 17.5 Å². The molecule has 0 atom stereocenters. The smallest absolute Gasteiger partial charge is 0.251 e. The quantitative estimate of drug-likeness (QED) is 0.666. The molecule has 1 aromatic rings. The summed E-state index contributed by atoms with van der Waals surface area (Å²) in [6, 6.07) is 1.27. The molecule has 1 aromatic carbocycles. The van der Waals surface area contributed by atoms with E-state index in [2.05, 4.69) is 5.32 Å². The highest BCUT2D eigenvalue weighted by Gasteiger charge is 2.13. The summed E-state index contributed by atoms with van der Waals surface area (Å²) in [5.74, 6) is -5.00. The van der Waals surface area contributed by atoms with Crippen molar-refractivity contribution in [3.63, 3.8) is 0 Å². The van der Waals surface area contributed by atoms with Gasteiger partial charge in [0.2, 0.25) is 0 Å². The van der Waals surface area contributed by atoms with E-state index in [1.807, 2.05) is 0 Å². The van der Waals surface area contributed by atoms with Gasteiger partial charge in [-0.15, -0.1) is 0 Å². The summed E-state index contributed by atoms with van der Waals surface area (Å²) in [4.78, 5) is 10.9. The molecule has 0 fully saturated rings. The average Bonchev–Trinajstić information content (AvgIpc) is 2.12. The molecule has 0 unspecified atom stereocenters. The number of halogens is 3. The highest BCUT2D eigenvalue weighted by atomic mass is 19.2. The van der Waals surface area contributed by atoms with E-state index in [9.17, 15) is 18.0 Å². The predicted molar refractivity (Wildman–Crippen MR) is 39.7 cm³/mol. The van der Waals surface area contributed by atoms with E-state index in [1.54, 1.807) is 0 Å². The molecule has 1 N–H and O–H groups in total. The fourth-order valence-corrected chi connectivity index (χ4v) is 0.831. The van der Waals surface area contributed by atoms with Gasteiger partial charge in [0, 0.05) is 12.6 Å². The zero-order chi connectivity index (χ0) is 10.0. The number of hydrogen-bond donors (Lipinski definition) is 1. The van der Waals surface area contributed by atoms with Crippen molar-refractivity contribution in [2.24, 2.45) is 0 Å². The molecule has 0 bridgehead atoms. The van der Waals surface area contributed by atoms with Crippen molar-refractivity contribution in [2.45, 2.75) is 0 Å². The van der Waals surface area contributed by atoms with E-state index in [-0.39, 0.29) is 5.56 Å². The van der Waals surface area contributed by atoms with Crippen LogP contribution in [-0.2, 0) is 0 Å². The second-order valence-corrected chi connectivity index (χ2v) is 2.33. The minimum Gasteiger partial charge on any atom is -0.355 e. The number of benzene rings is 1. The molecule has 0 saturated heterocycles. The summed E-state index contributed by atoms with van der Waals surface area (Å²) < 4.78 is 37.5. The third kappa shape index (κ3) is 1.80. The summed E-state index contributed by atoms with van der Waals surface area (Å²) in [5.41, 5.74) is -0.251. The van der Waals surface area contributed by atoms with Crippen molar-refractivity contribution in [3.05, 3.63) is 35.1 Å². The Morgan fingerprint density at radius 2 is 1.69 bits per heavy atom. The molecule has 1 rings (SSSR count). The molecule has 2 nitrogen and oxygen atoms in total. The molecule has 0 aliphatic rings. The fraction of sp³-hybridized carbons (Fsp3) is 0.125. The van der Waals surface area contributed by atoms with Crippen LogP contribution in [0.25, 0.3) is 0 Å². The molecule has 0 aliphatic heterocycles. The molecule has 0 saturated carbocycles. The van der Waals surface area contributed by atoms with Crippen LogP contribution in [0.4, 0.5) is 13.2 Å². The van der Waals surface area contributed by atoms with Crippen LogP contribution in [0.15, 0.2) is 12.1 Å². The molecule has 13 heavy (non-hydrogen) atoms. The molecule has 5 heteroatoms. The standard InChI is InChI=1S/C8H6F3NO/c1-12-8(13)4-2-5(9)7(11)6(10)3-4/h2-3H,1H3,(H,12,13). The maximum Gasteiger partial charge on any atom is 0.251 e. The van der Waals surface area contributed by atoms with Crippen LogP contribution < -0.4 is 5.32 Å². The molecule has 0 aromatic heterocycles. The molecule has 70 valence electrons. The van der Waals surface area contributed by atoms with Crippen LogP contribution in [0.1, 0.15) is 10.4 Å². The first-order valence-corrected chi connectivity index (χ1v) is 3.43. The summed E-state index contributed by atoms with van der Waals surface area (Å²) in [7, 11) is 1.31. The number of carbonyl (C=O) groups excluding carboxylic acids is 1. The average molecular weight is 189 g/mol. The second-order valence-electron chi connectivity index (χ2n) is 2.33. The minimum absolute atomic E-state index is 0.251. The van der Waals surface area contributed by atoms with E-state index in [1.165, 1.54) is 7.05 Å². The molecule has 1 amide bonds.